The van der Waals surface area contributed by atoms with Crippen LogP contribution in [-0.2, 0) is 24.3 Å². The molecule has 21 heavy (non-hydrogen) atoms. The first kappa shape index (κ1) is 14.5. The number of nitrogens with zero attached hydrogens (tertiary/aromatic N) is 4. The van der Waals surface area contributed by atoms with E-state index < -0.39 is 5.97 Å². The molecule has 0 aliphatic carbocycles. The van der Waals surface area contributed by atoms with E-state index in [-0.39, 0.29) is 0 Å². The lowest BCUT2D eigenvalue weighted by Gasteiger charge is -2.31. The van der Waals surface area contributed by atoms with Crippen molar-refractivity contribution in [2.24, 2.45) is 5.92 Å². The zero-order valence-electron chi connectivity index (χ0n) is 12.5. The number of fused-ring (bicyclic) bond motifs is 1. The van der Waals surface area contributed by atoms with Crippen LogP contribution in [0.4, 0.5) is 0 Å². The van der Waals surface area contributed by atoms with Crippen LogP contribution in [0.2, 0.25) is 0 Å². The second-order valence-corrected chi connectivity index (χ2v) is 6.29. The van der Waals surface area contributed by atoms with Crippen molar-refractivity contribution in [1.82, 2.24) is 19.7 Å². The van der Waals surface area contributed by atoms with Gasteiger partial charge >= 0.3 is 5.97 Å². The Kier molecular flexibility index (Phi) is 4.53. The number of hydrogen-bond acceptors (Lipinski definition) is 4. The van der Waals surface area contributed by atoms with Gasteiger partial charge in [-0.2, -0.15) is 0 Å². The molecule has 0 unspecified atom stereocenters. The minimum atomic E-state index is -0.674. The first-order valence-corrected chi connectivity index (χ1v) is 8.07. The van der Waals surface area contributed by atoms with Gasteiger partial charge in [0.25, 0.3) is 0 Å². The highest BCUT2D eigenvalue weighted by Crippen LogP contribution is 2.23. The van der Waals surface area contributed by atoms with Gasteiger partial charge in [0.05, 0.1) is 6.54 Å². The summed E-state index contributed by atoms with van der Waals surface area (Å²) in [5.74, 6) is 2.15. The molecule has 116 valence electrons. The minimum Gasteiger partial charge on any atom is -0.481 e. The molecular formula is C15H24N4O2. The summed E-state index contributed by atoms with van der Waals surface area (Å²) in [6.07, 6.45) is 6.86. The van der Waals surface area contributed by atoms with E-state index in [1.807, 2.05) is 0 Å². The fraction of sp³-hybridized carbons (Fsp3) is 0.800. The van der Waals surface area contributed by atoms with Crippen molar-refractivity contribution in [3.63, 3.8) is 0 Å². The van der Waals surface area contributed by atoms with Crippen LogP contribution < -0.4 is 0 Å². The maximum atomic E-state index is 10.6. The molecule has 0 amide bonds. The summed E-state index contributed by atoms with van der Waals surface area (Å²) < 4.78 is 2.29. The van der Waals surface area contributed by atoms with Gasteiger partial charge in [-0.15, -0.1) is 10.2 Å². The van der Waals surface area contributed by atoms with Crippen molar-refractivity contribution < 1.29 is 9.90 Å². The van der Waals surface area contributed by atoms with Crippen LogP contribution in [0.5, 0.6) is 0 Å². The minimum absolute atomic E-state index is 0.308. The first-order chi connectivity index (χ1) is 10.2. The van der Waals surface area contributed by atoms with E-state index >= 15 is 0 Å². The van der Waals surface area contributed by atoms with Gasteiger partial charge in [0.15, 0.2) is 0 Å². The third kappa shape index (κ3) is 3.61. The van der Waals surface area contributed by atoms with Gasteiger partial charge < -0.3 is 9.67 Å². The number of carboxylic acids is 1. The van der Waals surface area contributed by atoms with Crippen molar-refractivity contribution in [3.8, 4) is 0 Å². The van der Waals surface area contributed by atoms with Gasteiger partial charge in [0.1, 0.15) is 11.6 Å². The molecule has 0 atom stereocenters. The Labute approximate surface area is 125 Å². The van der Waals surface area contributed by atoms with Gasteiger partial charge in [0.2, 0.25) is 0 Å². The molecule has 2 aliphatic rings. The van der Waals surface area contributed by atoms with E-state index in [2.05, 4.69) is 19.7 Å². The summed E-state index contributed by atoms with van der Waals surface area (Å²) in [6.45, 7) is 4.05. The maximum Gasteiger partial charge on any atom is 0.303 e. The van der Waals surface area contributed by atoms with Crippen LogP contribution >= 0.6 is 0 Å². The number of carbonyl (C=O) groups is 1. The van der Waals surface area contributed by atoms with Crippen LogP contribution in [-0.4, -0.2) is 43.8 Å². The highest BCUT2D eigenvalue weighted by atomic mass is 16.4. The zero-order chi connectivity index (χ0) is 14.7. The molecule has 0 aromatic carbocycles. The molecule has 1 aromatic rings. The summed E-state index contributed by atoms with van der Waals surface area (Å²) >= 11 is 0. The molecule has 2 aliphatic heterocycles. The number of aromatic nitrogens is 3. The van der Waals surface area contributed by atoms with Crippen LogP contribution in [0.15, 0.2) is 0 Å². The number of carboxylic acid groups (broad SMARTS) is 1. The number of piperidine rings is 1. The second kappa shape index (κ2) is 6.56. The first-order valence-electron chi connectivity index (χ1n) is 8.07. The van der Waals surface area contributed by atoms with Gasteiger partial charge in [-0.25, -0.2) is 0 Å². The lowest BCUT2D eigenvalue weighted by atomic mass is 9.92. The van der Waals surface area contributed by atoms with Crippen LogP contribution in [0.25, 0.3) is 0 Å². The Morgan fingerprint density at radius 3 is 2.76 bits per heavy atom. The van der Waals surface area contributed by atoms with E-state index in [1.54, 1.807) is 0 Å². The standard InChI is InChI=1S/C15H24N4O2/c20-15(21)5-4-12-6-9-18(10-7-12)11-14-17-16-13-3-1-2-8-19(13)14/h12H,1-11H2,(H,20,21). The Morgan fingerprint density at radius 1 is 1.19 bits per heavy atom. The van der Waals surface area contributed by atoms with E-state index in [1.165, 1.54) is 12.8 Å². The monoisotopic (exact) mass is 292 g/mol. The fourth-order valence-corrected chi connectivity index (χ4v) is 3.45. The van der Waals surface area contributed by atoms with Gasteiger partial charge in [-0.1, -0.05) is 0 Å². The van der Waals surface area contributed by atoms with Crippen molar-refractivity contribution in [3.05, 3.63) is 11.6 Å². The smallest absolute Gasteiger partial charge is 0.303 e. The van der Waals surface area contributed by atoms with Crippen molar-refractivity contribution in [1.29, 1.82) is 0 Å². The predicted octanol–water partition coefficient (Wildman–Crippen LogP) is 1.69. The van der Waals surface area contributed by atoms with E-state index in [4.69, 9.17) is 5.11 Å². The van der Waals surface area contributed by atoms with Crippen LogP contribution in [0.3, 0.4) is 0 Å². The highest BCUT2D eigenvalue weighted by Gasteiger charge is 2.22. The van der Waals surface area contributed by atoms with Crippen molar-refractivity contribution in [2.75, 3.05) is 13.1 Å². The molecule has 3 rings (SSSR count). The summed E-state index contributed by atoms with van der Waals surface area (Å²) in [5.41, 5.74) is 0. The molecular weight excluding hydrogens is 268 g/mol. The molecule has 6 heteroatoms. The molecule has 1 fully saturated rings. The molecule has 0 saturated carbocycles. The average Bonchev–Trinajstić information content (AvgIpc) is 2.90. The fourth-order valence-electron chi connectivity index (χ4n) is 3.45. The van der Waals surface area contributed by atoms with Crippen LogP contribution in [0.1, 0.15) is 50.2 Å². The largest absolute Gasteiger partial charge is 0.481 e. The van der Waals surface area contributed by atoms with E-state index in [0.717, 1.165) is 63.5 Å². The Bertz CT molecular complexity index is 492. The zero-order valence-corrected chi connectivity index (χ0v) is 12.5. The summed E-state index contributed by atoms with van der Waals surface area (Å²) in [4.78, 5) is 13.1. The third-order valence-corrected chi connectivity index (χ3v) is 4.77. The average molecular weight is 292 g/mol. The van der Waals surface area contributed by atoms with E-state index in [0.29, 0.717) is 12.3 Å². The molecule has 1 N–H and O–H groups in total. The molecule has 1 saturated heterocycles. The number of aryl methyl sites for hydroxylation is 1. The van der Waals surface area contributed by atoms with Crippen molar-refractivity contribution in [2.45, 2.75) is 58.0 Å². The summed E-state index contributed by atoms with van der Waals surface area (Å²) in [7, 11) is 0. The lowest BCUT2D eigenvalue weighted by Crippen LogP contribution is -2.34. The van der Waals surface area contributed by atoms with Crippen molar-refractivity contribution >= 4 is 5.97 Å². The number of likely N-dealkylation sites (tertiary alicyclic amines) is 1. The van der Waals surface area contributed by atoms with Gasteiger partial charge in [-0.3, -0.25) is 9.69 Å². The molecule has 0 radical (unpaired) electrons. The SMILES string of the molecule is O=C(O)CCC1CCN(Cc2nnc3n2CCCC3)CC1. The quantitative estimate of drug-likeness (QED) is 0.894. The Morgan fingerprint density at radius 2 is 2.00 bits per heavy atom. The number of hydrogen-bond donors (Lipinski definition) is 1. The molecule has 6 nitrogen and oxygen atoms in total. The lowest BCUT2D eigenvalue weighted by molar-refractivity contribution is -0.137. The van der Waals surface area contributed by atoms with Gasteiger partial charge in [0, 0.05) is 19.4 Å². The topological polar surface area (TPSA) is 71.2 Å². The Hall–Kier alpha value is -1.43. The third-order valence-electron chi connectivity index (χ3n) is 4.77. The second-order valence-electron chi connectivity index (χ2n) is 6.29. The summed E-state index contributed by atoms with van der Waals surface area (Å²) in [5, 5.41) is 17.4. The molecule has 1 aromatic heterocycles. The Balaban J connectivity index is 1.49. The van der Waals surface area contributed by atoms with Crippen LogP contribution in [0, 0.1) is 5.92 Å². The summed E-state index contributed by atoms with van der Waals surface area (Å²) in [6, 6.07) is 0. The van der Waals surface area contributed by atoms with E-state index in [9.17, 15) is 4.79 Å². The highest BCUT2D eigenvalue weighted by molar-refractivity contribution is 5.66. The maximum absolute atomic E-state index is 10.6. The number of aliphatic carboxylic acids is 1. The molecule has 0 bridgehead atoms. The van der Waals surface area contributed by atoms with Gasteiger partial charge in [-0.05, 0) is 51.1 Å². The normalized spacial score (nSPS) is 20.4. The number of rotatable bonds is 5. The molecule has 3 heterocycles. The predicted molar refractivity (Wildman–Crippen MR) is 77.8 cm³/mol. The molecule has 0 spiro atoms.